The summed E-state index contributed by atoms with van der Waals surface area (Å²) >= 11 is 5.18. The van der Waals surface area contributed by atoms with Crippen LogP contribution >= 0.6 is 27.3 Å². The summed E-state index contributed by atoms with van der Waals surface area (Å²) in [6, 6.07) is 12.3. The highest BCUT2D eigenvalue weighted by Gasteiger charge is 2.00. The summed E-state index contributed by atoms with van der Waals surface area (Å²) in [6.45, 7) is 0.814. The molecule has 18 heavy (non-hydrogen) atoms. The molecule has 0 fully saturated rings. The van der Waals surface area contributed by atoms with Crippen LogP contribution in [0, 0.1) is 0 Å². The van der Waals surface area contributed by atoms with Gasteiger partial charge < -0.3 is 5.32 Å². The lowest BCUT2D eigenvalue weighted by Crippen LogP contribution is -1.99. The van der Waals surface area contributed by atoms with Crippen LogP contribution < -0.4 is 5.32 Å². The van der Waals surface area contributed by atoms with Crippen molar-refractivity contribution < 1.29 is 4.21 Å². The molecule has 0 aliphatic carbocycles. The molecular formula is C13H14BrNOS2. The first kappa shape index (κ1) is 13.8. The van der Waals surface area contributed by atoms with Gasteiger partial charge in [-0.05, 0) is 45.8 Å². The molecule has 0 aliphatic rings. The first-order valence-electron chi connectivity index (χ1n) is 5.50. The van der Waals surface area contributed by atoms with Crippen molar-refractivity contribution in [1.29, 1.82) is 0 Å². The predicted molar refractivity (Wildman–Crippen MR) is 83.6 cm³/mol. The molecule has 0 aliphatic heterocycles. The molecule has 2 nitrogen and oxygen atoms in total. The Bertz CT molecular complexity index is 553. The Morgan fingerprint density at radius 1 is 1.33 bits per heavy atom. The van der Waals surface area contributed by atoms with E-state index in [9.17, 15) is 4.21 Å². The van der Waals surface area contributed by atoms with E-state index in [1.165, 1.54) is 4.88 Å². The van der Waals surface area contributed by atoms with Gasteiger partial charge in [-0.25, -0.2) is 0 Å². The van der Waals surface area contributed by atoms with Crippen molar-refractivity contribution in [1.82, 2.24) is 0 Å². The minimum atomic E-state index is -0.793. The number of benzene rings is 1. The van der Waals surface area contributed by atoms with E-state index >= 15 is 0 Å². The minimum absolute atomic E-state index is 0.611. The van der Waals surface area contributed by atoms with Gasteiger partial charge in [-0.3, -0.25) is 4.21 Å². The van der Waals surface area contributed by atoms with E-state index < -0.39 is 10.8 Å². The van der Waals surface area contributed by atoms with Crippen molar-refractivity contribution in [3.63, 3.8) is 0 Å². The van der Waals surface area contributed by atoms with Crippen LogP contribution in [0.3, 0.4) is 0 Å². The summed E-state index contributed by atoms with van der Waals surface area (Å²) in [4.78, 5) is 1.28. The molecule has 1 aromatic heterocycles. The highest BCUT2D eigenvalue weighted by molar-refractivity contribution is 9.11. The fraction of sp³-hybridized carbons (Fsp3) is 0.231. The van der Waals surface area contributed by atoms with Crippen molar-refractivity contribution in [3.8, 4) is 0 Å². The van der Waals surface area contributed by atoms with Crippen LogP contribution in [0.5, 0.6) is 0 Å². The van der Waals surface area contributed by atoms with E-state index in [1.807, 2.05) is 18.2 Å². The van der Waals surface area contributed by atoms with Crippen molar-refractivity contribution >= 4 is 43.8 Å². The second kappa shape index (κ2) is 6.50. The zero-order valence-corrected chi connectivity index (χ0v) is 13.2. The second-order valence-corrected chi connectivity index (χ2v) is 7.96. The molecule has 0 radical (unpaired) electrons. The summed E-state index contributed by atoms with van der Waals surface area (Å²) in [7, 11) is -0.793. The molecule has 2 aromatic rings. The van der Waals surface area contributed by atoms with Crippen LogP contribution in [0.25, 0.3) is 0 Å². The average molecular weight is 344 g/mol. The van der Waals surface area contributed by atoms with Gasteiger partial charge in [0.05, 0.1) is 3.79 Å². The highest BCUT2D eigenvalue weighted by atomic mass is 79.9. The molecule has 0 saturated carbocycles. The van der Waals surface area contributed by atoms with Gasteiger partial charge in [0, 0.05) is 39.9 Å². The lowest BCUT2D eigenvalue weighted by molar-refractivity contribution is 0.686. The molecule has 0 bridgehead atoms. The van der Waals surface area contributed by atoms with Crippen LogP contribution in [0.2, 0.25) is 0 Å². The van der Waals surface area contributed by atoms with Gasteiger partial charge in [-0.1, -0.05) is 12.1 Å². The van der Waals surface area contributed by atoms with E-state index in [2.05, 4.69) is 39.4 Å². The molecule has 96 valence electrons. The third-order valence-corrected chi connectivity index (χ3v) is 4.76. The molecule has 1 unspecified atom stereocenters. The van der Waals surface area contributed by atoms with E-state index in [1.54, 1.807) is 17.6 Å². The Hall–Kier alpha value is -0.650. The van der Waals surface area contributed by atoms with Gasteiger partial charge in [0.2, 0.25) is 0 Å². The molecule has 0 amide bonds. The Morgan fingerprint density at radius 2 is 2.17 bits per heavy atom. The summed E-state index contributed by atoms with van der Waals surface area (Å²) in [6.07, 6.45) is 1.73. The second-order valence-electron chi connectivity index (χ2n) is 3.98. The molecule has 1 atom stereocenters. The number of hydrogen-bond acceptors (Lipinski definition) is 3. The van der Waals surface area contributed by atoms with Gasteiger partial charge in [-0.2, -0.15) is 0 Å². The maximum absolute atomic E-state index is 11.2. The molecule has 1 N–H and O–H groups in total. The van der Waals surface area contributed by atoms with Crippen LogP contribution in [-0.2, 0) is 23.1 Å². The Morgan fingerprint density at radius 3 is 2.83 bits per heavy atom. The van der Waals surface area contributed by atoms with Gasteiger partial charge >= 0.3 is 0 Å². The topological polar surface area (TPSA) is 29.1 Å². The maximum atomic E-state index is 11.2. The van der Waals surface area contributed by atoms with E-state index in [-0.39, 0.29) is 0 Å². The first-order chi connectivity index (χ1) is 8.63. The molecular weight excluding hydrogens is 330 g/mol. The monoisotopic (exact) mass is 343 g/mol. The van der Waals surface area contributed by atoms with Gasteiger partial charge in [-0.15, -0.1) is 11.3 Å². The molecule has 1 heterocycles. The average Bonchev–Trinajstić information content (AvgIpc) is 2.72. The smallest absolute Gasteiger partial charge is 0.0702 e. The standard InChI is InChI=1S/C13H14BrNOS2/c1-18(16)9-10-3-2-4-11(7-10)15-8-12-5-6-13(14)17-12/h2-7,15H,8-9H2,1H3. The van der Waals surface area contributed by atoms with E-state index in [4.69, 9.17) is 0 Å². The zero-order valence-electron chi connectivity index (χ0n) is 9.98. The molecule has 0 spiro atoms. The summed E-state index contributed by atoms with van der Waals surface area (Å²) in [5.41, 5.74) is 2.18. The van der Waals surface area contributed by atoms with Crippen LogP contribution in [0.1, 0.15) is 10.4 Å². The molecule has 5 heteroatoms. The summed E-state index contributed by atoms with van der Waals surface area (Å²) in [5.74, 6) is 0.611. The van der Waals surface area contributed by atoms with Crippen molar-refractivity contribution in [2.24, 2.45) is 0 Å². The summed E-state index contributed by atoms with van der Waals surface area (Å²) < 4.78 is 12.3. The first-order valence-corrected chi connectivity index (χ1v) is 8.84. The predicted octanol–water partition coefficient (Wildman–Crippen LogP) is 4.00. The van der Waals surface area contributed by atoms with E-state index in [0.717, 1.165) is 21.6 Å². The lowest BCUT2D eigenvalue weighted by atomic mass is 10.2. The maximum Gasteiger partial charge on any atom is 0.0702 e. The largest absolute Gasteiger partial charge is 0.380 e. The number of anilines is 1. The summed E-state index contributed by atoms with van der Waals surface area (Å²) in [5, 5.41) is 3.38. The zero-order chi connectivity index (χ0) is 13.0. The third kappa shape index (κ3) is 4.23. The minimum Gasteiger partial charge on any atom is -0.380 e. The van der Waals surface area contributed by atoms with Gasteiger partial charge in [0.25, 0.3) is 0 Å². The van der Waals surface area contributed by atoms with Crippen LogP contribution in [0.4, 0.5) is 5.69 Å². The quantitative estimate of drug-likeness (QED) is 0.888. The van der Waals surface area contributed by atoms with Crippen molar-refractivity contribution in [2.45, 2.75) is 12.3 Å². The fourth-order valence-corrected chi connectivity index (χ4v) is 3.71. The number of halogens is 1. The number of hydrogen-bond donors (Lipinski definition) is 1. The SMILES string of the molecule is CS(=O)Cc1cccc(NCc2ccc(Br)s2)c1. The lowest BCUT2D eigenvalue weighted by Gasteiger charge is -2.06. The Kier molecular flexibility index (Phi) is 4.97. The van der Waals surface area contributed by atoms with Crippen molar-refractivity contribution in [2.75, 3.05) is 11.6 Å². The molecule has 1 aromatic carbocycles. The van der Waals surface area contributed by atoms with Gasteiger partial charge in [0.1, 0.15) is 0 Å². The van der Waals surface area contributed by atoms with E-state index in [0.29, 0.717) is 5.75 Å². The fourth-order valence-electron chi connectivity index (χ4n) is 1.64. The Labute approximate surface area is 122 Å². The normalized spacial score (nSPS) is 12.3. The number of nitrogens with one attached hydrogen (secondary N) is 1. The third-order valence-electron chi connectivity index (χ3n) is 2.39. The highest BCUT2D eigenvalue weighted by Crippen LogP contribution is 2.23. The Balaban J connectivity index is 1.98. The number of thiophene rings is 1. The number of rotatable bonds is 5. The van der Waals surface area contributed by atoms with Crippen LogP contribution in [0.15, 0.2) is 40.2 Å². The van der Waals surface area contributed by atoms with Crippen molar-refractivity contribution in [3.05, 3.63) is 50.6 Å². The van der Waals surface area contributed by atoms with Gasteiger partial charge in [0.15, 0.2) is 0 Å². The van der Waals surface area contributed by atoms with Crippen LogP contribution in [-0.4, -0.2) is 10.5 Å². The molecule has 2 rings (SSSR count). The molecule has 0 saturated heterocycles.